The molecular weight excluding hydrogens is 270 g/mol. The van der Waals surface area contributed by atoms with Gasteiger partial charge in [0.2, 0.25) is 0 Å². The molecule has 0 aromatic heterocycles. The molecule has 1 saturated heterocycles. The Morgan fingerprint density at radius 1 is 1.40 bits per heavy atom. The summed E-state index contributed by atoms with van der Waals surface area (Å²) in [5.74, 6) is 2.09. The van der Waals surface area contributed by atoms with E-state index in [0.29, 0.717) is 6.10 Å². The van der Waals surface area contributed by atoms with E-state index in [9.17, 15) is 5.11 Å². The van der Waals surface area contributed by atoms with E-state index in [1.54, 1.807) is 0 Å². The smallest absolute Gasteiger partial charge is 0.0674 e. The third kappa shape index (κ3) is 3.98. The summed E-state index contributed by atoms with van der Waals surface area (Å²) in [7, 11) is 1.92. The SMILES string of the molecule is CNC(CO)(CCSCC1CCCO1)c1ccccc1. The average Bonchev–Trinajstić information content (AvgIpc) is 3.02. The van der Waals surface area contributed by atoms with Crippen molar-refractivity contribution >= 4 is 11.8 Å². The highest BCUT2D eigenvalue weighted by Crippen LogP contribution is 2.27. The largest absolute Gasteiger partial charge is 0.394 e. The Labute approximate surface area is 126 Å². The summed E-state index contributed by atoms with van der Waals surface area (Å²) in [5, 5.41) is 13.2. The second kappa shape index (κ2) is 8.03. The Morgan fingerprint density at radius 3 is 2.80 bits per heavy atom. The van der Waals surface area contributed by atoms with Gasteiger partial charge in [0.05, 0.1) is 18.2 Å². The Bertz CT molecular complexity index is 375. The number of benzene rings is 1. The first kappa shape index (κ1) is 15.8. The number of thioether (sulfide) groups is 1. The molecule has 1 aromatic carbocycles. The van der Waals surface area contributed by atoms with Crippen molar-refractivity contribution in [3.05, 3.63) is 35.9 Å². The highest BCUT2D eigenvalue weighted by Gasteiger charge is 2.29. The number of rotatable bonds is 8. The van der Waals surface area contributed by atoms with Crippen molar-refractivity contribution in [1.29, 1.82) is 0 Å². The molecule has 20 heavy (non-hydrogen) atoms. The van der Waals surface area contributed by atoms with Crippen molar-refractivity contribution in [2.45, 2.75) is 30.9 Å². The minimum absolute atomic E-state index is 0.119. The average molecular weight is 295 g/mol. The summed E-state index contributed by atoms with van der Waals surface area (Å²) in [5.41, 5.74) is 0.827. The zero-order valence-corrected chi connectivity index (χ0v) is 13.0. The van der Waals surface area contributed by atoms with E-state index in [0.717, 1.165) is 30.1 Å². The normalized spacial score (nSPS) is 21.8. The number of nitrogens with one attached hydrogen (secondary N) is 1. The lowest BCUT2D eigenvalue weighted by Gasteiger charge is -2.32. The van der Waals surface area contributed by atoms with E-state index in [-0.39, 0.29) is 12.1 Å². The van der Waals surface area contributed by atoms with Gasteiger partial charge in [-0.2, -0.15) is 11.8 Å². The maximum absolute atomic E-state index is 9.84. The lowest BCUT2D eigenvalue weighted by Crippen LogP contribution is -2.44. The van der Waals surface area contributed by atoms with Crippen LogP contribution < -0.4 is 5.32 Å². The van der Waals surface area contributed by atoms with E-state index in [2.05, 4.69) is 17.4 Å². The van der Waals surface area contributed by atoms with E-state index in [1.165, 1.54) is 12.8 Å². The second-order valence-corrected chi connectivity index (χ2v) is 6.47. The monoisotopic (exact) mass is 295 g/mol. The molecule has 3 nitrogen and oxygen atoms in total. The van der Waals surface area contributed by atoms with Crippen LogP contribution in [0.5, 0.6) is 0 Å². The Kier molecular flexibility index (Phi) is 6.36. The third-order valence-electron chi connectivity index (χ3n) is 4.08. The summed E-state index contributed by atoms with van der Waals surface area (Å²) < 4.78 is 5.64. The number of hydrogen-bond acceptors (Lipinski definition) is 4. The van der Waals surface area contributed by atoms with Crippen LogP contribution in [0.25, 0.3) is 0 Å². The van der Waals surface area contributed by atoms with Gasteiger partial charge < -0.3 is 15.2 Å². The fraction of sp³-hybridized carbons (Fsp3) is 0.625. The van der Waals surface area contributed by atoms with Crippen LogP contribution in [0, 0.1) is 0 Å². The fourth-order valence-corrected chi connectivity index (χ4v) is 3.84. The summed E-state index contributed by atoms with van der Waals surface area (Å²) in [6, 6.07) is 10.2. The quantitative estimate of drug-likeness (QED) is 0.723. The number of likely N-dealkylation sites (N-methyl/N-ethyl adjacent to an activating group) is 1. The molecule has 1 fully saturated rings. The van der Waals surface area contributed by atoms with Gasteiger partial charge in [0, 0.05) is 12.4 Å². The summed E-state index contributed by atoms with van der Waals surface area (Å²) in [4.78, 5) is 0. The maximum Gasteiger partial charge on any atom is 0.0674 e. The predicted molar refractivity (Wildman–Crippen MR) is 85.2 cm³/mol. The van der Waals surface area contributed by atoms with Crippen LogP contribution in [-0.4, -0.2) is 43.0 Å². The summed E-state index contributed by atoms with van der Waals surface area (Å²) >= 11 is 1.93. The van der Waals surface area contributed by atoms with Gasteiger partial charge in [0.15, 0.2) is 0 Å². The van der Waals surface area contributed by atoms with Gasteiger partial charge >= 0.3 is 0 Å². The second-order valence-electron chi connectivity index (χ2n) is 5.32. The Hall–Kier alpha value is -0.550. The third-order valence-corrected chi connectivity index (χ3v) is 5.18. The van der Waals surface area contributed by atoms with Crippen LogP contribution in [0.15, 0.2) is 30.3 Å². The topological polar surface area (TPSA) is 41.5 Å². The highest BCUT2D eigenvalue weighted by molar-refractivity contribution is 7.99. The molecule has 4 heteroatoms. The molecule has 0 saturated carbocycles. The van der Waals surface area contributed by atoms with Crippen LogP contribution in [0.3, 0.4) is 0 Å². The zero-order chi connectivity index (χ0) is 14.3. The predicted octanol–water partition coefficient (Wildman–Crippen LogP) is 2.40. The van der Waals surface area contributed by atoms with Crippen molar-refractivity contribution < 1.29 is 9.84 Å². The fourth-order valence-electron chi connectivity index (χ4n) is 2.66. The van der Waals surface area contributed by atoms with E-state index in [4.69, 9.17) is 4.74 Å². The first-order valence-corrected chi connectivity index (χ1v) is 8.51. The van der Waals surface area contributed by atoms with Gasteiger partial charge in [-0.15, -0.1) is 0 Å². The molecule has 2 atom stereocenters. The van der Waals surface area contributed by atoms with Crippen molar-refractivity contribution in [3.8, 4) is 0 Å². The molecule has 0 spiro atoms. The van der Waals surface area contributed by atoms with Gasteiger partial charge in [0.1, 0.15) is 0 Å². The molecule has 112 valence electrons. The summed E-state index contributed by atoms with van der Waals surface area (Å²) in [6.45, 7) is 1.04. The number of hydrogen-bond donors (Lipinski definition) is 2. The summed E-state index contributed by atoms with van der Waals surface area (Å²) in [6.07, 6.45) is 3.76. The number of aliphatic hydroxyl groups excluding tert-OH is 1. The van der Waals surface area contributed by atoms with E-state index in [1.807, 2.05) is 37.0 Å². The van der Waals surface area contributed by atoms with Crippen molar-refractivity contribution in [2.75, 3.05) is 31.8 Å². The van der Waals surface area contributed by atoms with Crippen molar-refractivity contribution in [3.63, 3.8) is 0 Å². The molecule has 2 N–H and O–H groups in total. The van der Waals surface area contributed by atoms with Crippen LogP contribution >= 0.6 is 11.8 Å². The molecule has 2 unspecified atom stereocenters. The van der Waals surface area contributed by atoms with Gasteiger partial charge in [0.25, 0.3) is 0 Å². The molecule has 0 aliphatic carbocycles. The molecule has 1 aromatic rings. The minimum Gasteiger partial charge on any atom is -0.394 e. The zero-order valence-electron chi connectivity index (χ0n) is 12.2. The molecule has 0 amide bonds. The molecule has 0 radical (unpaired) electrons. The molecule has 2 rings (SSSR count). The number of ether oxygens (including phenoxy) is 1. The van der Waals surface area contributed by atoms with Gasteiger partial charge in [-0.25, -0.2) is 0 Å². The lowest BCUT2D eigenvalue weighted by molar-refractivity contribution is 0.128. The minimum atomic E-state index is -0.329. The van der Waals surface area contributed by atoms with Crippen molar-refractivity contribution in [2.24, 2.45) is 0 Å². The molecule has 0 bridgehead atoms. The lowest BCUT2D eigenvalue weighted by atomic mass is 9.88. The van der Waals surface area contributed by atoms with Crippen LogP contribution in [0.1, 0.15) is 24.8 Å². The first-order valence-electron chi connectivity index (χ1n) is 7.35. The van der Waals surface area contributed by atoms with Gasteiger partial charge in [-0.05, 0) is 37.6 Å². The standard InChI is InChI=1S/C16H25NO2S/c1-17-16(13-18,14-6-3-2-4-7-14)9-11-20-12-15-8-5-10-19-15/h2-4,6-7,15,17-18H,5,8-13H2,1H3. The molecule has 1 aliphatic rings. The molecule has 1 heterocycles. The van der Waals surface area contributed by atoms with E-state index < -0.39 is 0 Å². The highest BCUT2D eigenvalue weighted by atomic mass is 32.2. The van der Waals surface area contributed by atoms with Gasteiger partial charge in [-0.3, -0.25) is 0 Å². The van der Waals surface area contributed by atoms with Crippen molar-refractivity contribution in [1.82, 2.24) is 5.32 Å². The Balaban J connectivity index is 1.85. The van der Waals surface area contributed by atoms with E-state index >= 15 is 0 Å². The molecular formula is C16H25NO2S. The van der Waals surface area contributed by atoms with Crippen LogP contribution in [0.4, 0.5) is 0 Å². The Morgan fingerprint density at radius 2 is 2.20 bits per heavy atom. The molecule has 1 aliphatic heterocycles. The maximum atomic E-state index is 9.84. The number of aliphatic hydroxyl groups is 1. The van der Waals surface area contributed by atoms with Crippen LogP contribution in [0.2, 0.25) is 0 Å². The van der Waals surface area contributed by atoms with Crippen LogP contribution in [-0.2, 0) is 10.3 Å². The first-order chi connectivity index (χ1) is 9.80. The van der Waals surface area contributed by atoms with Gasteiger partial charge in [-0.1, -0.05) is 30.3 Å².